The van der Waals surface area contributed by atoms with Gasteiger partial charge in [0.15, 0.2) is 0 Å². The van der Waals surface area contributed by atoms with Gasteiger partial charge in [0, 0.05) is 13.1 Å². The van der Waals surface area contributed by atoms with E-state index in [-0.39, 0.29) is 12.0 Å². The molecule has 1 N–H and O–H groups in total. The number of carbonyl (C=O) groups is 1. The molecule has 1 aliphatic heterocycles. The van der Waals surface area contributed by atoms with Gasteiger partial charge in [-0.05, 0) is 48.7 Å². The van der Waals surface area contributed by atoms with Gasteiger partial charge in [-0.3, -0.25) is 4.79 Å². The predicted octanol–water partition coefficient (Wildman–Crippen LogP) is 4.41. The summed E-state index contributed by atoms with van der Waals surface area (Å²) in [5, 5.41) is 12.5. The fourth-order valence-electron chi connectivity index (χ4n) is 3.90. The van der Waals surface area contributed by atoms with Gasteiger partial charge in [0.2, 0.25) is 0 Å². The van der Waals surface area contributed by atoms with Crippen LogP contribution in [0.2, 0.25) is 0 Å². The SMILES string of the molecule is Cc1c(-c2ccccc2)ccc(C#N)c1C(=O)Nc1ccc(N2CCOC(C)C2)nc1. The van der Waals surface area contributed by atoms with Gasteiger partial charge in [-0.25, -0.2) is 4.98 Å². The van der Waals surface area contributed by atoms with Gasteiger partial charge >= 0.3 is 0 Å². The summed E-state index contributed by atoms with van der Waals surface area (Å²) in [6, 6.07) is 19.3. The Kier molecular flexibility index (Phi) is 5.96. The summed E-state index contributed by atoms with van der Waals surface area (Å²) >= 11 is 0. The second-order valence-electron chi connectivity index (χ2n) is 7.63. The lowest BCUT2D eigenvalue weighted by atomic mass is 9.92. The number of ether oxygens (including phenoxy) is 1. The van der Waals surface area contributed by atoms with Crippen molar-refractivity contribution in [2.75, 3.05) is 29.9 Å². The second-order valence-corrected chi connectivity index (χ2v) is 7.63. The number of rotatable bonds is 4. The molecule has 0 aliphatic carbocycles. The number of anilines is 2. The van der Waals surface area contributed by atoms with Crippen molar-refractivity contribution < 1.29 is 9.53 Å². The van der Waals surface area contributed by atoms with E-state index < -0.39 is 0 Å². The Morgan fingerprint density at radius 1 is 1.19 bits per heavy atom. The van der Waals surface area contributed by atoms with Crippen molar-refractivity contribution in [3.63, 3.8) is 0 Å². The fourth-order valence-corrected chi connectivity index (χ4v) is 3.90. The number of pyridine rings is 1. The van der Waals surface area contributed by atoms with E-state index in [2.05, 4.69) is 21.3 Å². The van der Waals surface area contributed by atoms with E-state index in [1.165, 1.54) is 0 Å². The Bertz CT molecular complexity index is 1120. The highest BCUT2D eigenvalue weighted by Crippen LogP contribution is 2.28. The zero-order valence-corrected chi connectivity index (χ0v) is 17.6. The Balaban J connectivity index is 1.58. The van der Waals surface area contributed by atoms with Crippen LogP contribution < -0.4 is 10.2 Å². The molecule has 6 heteroatoms. The van der Waals surface area contributed by atoms with Crippen LogP contribution in [-0.2, 0) is 4.74 Å². The summed E-state index contributed by atoms with van der Waals surface area (Å²) in [5.41, 5.74) is 4.03. The highest BCUT2D eigenvalue weighted by atomic mass is 16.5. The molecule has 0 saturated carbocycles. The molecule has 2 heterocycles. The molecule has 31 heavy (non-hydrogen) atoms. The van der Waals surface area contributed by atoms with E-state index in [4.69, 9.17) is 4.74 Å². The molecule has 1 aromatic heterocycles. The topological polar surface area (TPSA) is 78.2 Å². The van der Waals surface area contributed by atoms with E-state index in [0.717, 1.165) is 35.6 Å². The monoisotopic (exact) mass is 412 g/mol. The third kappa shape index (κ3) is 4.42. The van der Waals surface area contributed by atoms with Gasteiger partial charge in [-0.1, -0.05) is 36.4 Å². The third-order valence-corrected chi connectivity index (χ3v) is 5.47. The van der Waals surface area contributed by atoms with Crippen LogP contribution in [0.5, 0.6) is 0 Å². The van der Waals surface area contributed by atoms with Crippen LogP contribution in [-0.4, -0.2) is 36.7 Å². The quantitative estimate of drug-likeness (QED) is 0.687. The summed E-state index contributed by atoms with van der Waals surface area (Å²) in [4.78, 5) is 19.8. The first-order chi connectivity index (χ1) is 15.1. The van der Waals surface area contributed by atoms with Crippen LogP contribution >= 0.6 is 0 Å². The van der Waals surface area contributed by atoms with Crippen molar-refractivity contribution in [3.05, 3.63) is 77.5 Å². The van der Waals surface area contributed by atoms with Gasteiger partial charge in [-0.15, -0.1) is 0 Å². The number of hydrogen-bond donors (Lipinski definition) is 1. The number of nitrogens with zero attached hydrogens (tertiary/aromatic N) is 3. The molecule has 0 radical (unpaired) electrons. The lowest BCUT2D eigenvalue weighted by Gasteiger charge is -2.32. The molecule has 1 saturated heterocycles. The molecule has 6 nitrogen and oxygen atoms in total. The van der Waals surface area contributed by atoms with Crippen molar-refractivity contribution in [3.8, 4) is 17.2 Å². The Hall–Kier alpha value is -3.69. The number of amides is 1. The van der Waals surface area contributed by atoms with Crippen LogP contribution in [0.3, 0.4) is 0 Å². The number of morpholine rings is 1. The van der Waals surface area contributed by atoms with E-state index in [1.54, 1.807) is 12.3 Å². The fraction of sp³-hybridized carbons (Fsp3) is 0.240. The summed E-state index contributed by atoms with van der Waals surface area (Å²) in [6.07, 6.45) is 1.81. The van der Waals surface area contributed by atoms with E-state index in [1.807, 2.05) is 62.4 Å². The molecular formula is C25H24N4O2. The molecule has 1 aliphatic rings. The van der Waals surface area contributed by atoms with Crippen molar-refractivity contribution in [1.82, 2.24) is 4.98 Å². The molecule has 1 atom stereocenters. The first-order valence-electron chi connectivity index (χ1n) is 10.3. The Labute approximate surface area is 182 Å². The molecule has 0 spiro atoms. The lowest BCUT2D eigenvalue weighted by Crippen LogP contribution is -2.41. The zero-order valence-electron chi connectivity index (χ0n) is 17.6. The molecule has 4 rings (SSSR count). The first kappa shape index (κ1) is 20.6. The van der Waals surface area contributed by atoms with Crippen molar-refractivity contribution in [2.45, 2.75) is 20.0 Å². The average Bonchev–Trinajstić information content (AvgIpc) is 2.79. The molecule has 1 unspecified atom stereocenters. The number of nitriles is 1. The van der Waals surface area contributed by atoms with Crippen LogP contribution in [0.4, 0.5) is 11.5 Å². The largest absolute Gasteiger partial charge is 0.375 e. The predicted molar refractivity (Wildman–Crippen MR) is 121 cm³/mol. The molecular weight excluding hydrogens is 388 g/mol. The maximum atomic E-state index is 13.1. The second kappa shape index (κ2) is 8.99. The number of benzene rings is 2. The summed E-state index contributed by atoms with van der Waals surface area (Å²) in [6.45, 7) is 6.17. The minimum Gasteiger partial charge on any atom is -0.375 e. The minimum absolute atomic E-state index is 0.166. The number of aromatic nitrogens is 1. The average molecular weight is 412 g/mol. The van der Waals surface area contributed by atoms with Crippen LogP contribution in [0.15, 0.2) is 60.8 Å². The summed E-state index contributed by atoms with van der Waals surface area (Å²) in [7, 11) is 0. The number of nitrogens with one attached hydrogen (secondary N) is 1. The summed E-state index contributed by atoms with van der Waals surface area (Å²) in [5.74, 6) is 0.537. The van der Waals surface area contributed by atoms with Gasteiger partial charge in [-0.2, -0.15) is 5.26 Å². The standard InChI is InChI=1S/C25H24N4O2/c1-17-16-29(12-13-31-17)23-11-9-21(15-27-23)28-25(30)24-18(2)22(10-8-20(24)14-26)19-6-4-3-5-7-19/h3-11,15,17H,12-13,16H2,1-2H3,(H,28,30). The molecule has 1 amide bonds. The van der Waals surface area contributed by atoms with E-state index >= 15 is 0 Å². The normalized spacial score (nSPS) is 15.9. The Morgan fingerprint density at radius 2 is 2.00 bits per heavy atom. The van der Waals surface area contributed by atoms with Crippen molar-refractivity contribution in [1.29, 1.82) is 5.26 Å². The smallest absolute Gasteiger partial charge is 0.257 e. The number of hydrogen-bond acceptors (Lipinski definition) is 5. The third-order valence-electron chi connectivity index (χ3n) is 5.47. The van der Waals surface area contributed by atoms with Crippen LogP contribution in [0.25, 0.3) is 11.1 Å². The van der Waals surface area contributed by atoms with Gasteiger partial charge in [0.05, 0.1) is 41.8 Å². The molecule has 3 aromatic rings. The number of carbonyl (C=O) groups excluding carboxylic acids is 1. The lowest BCUT2D eigenvalue weighted by molar-refractivity contribution is 0.0529. The Morgan fingerprint density at radius 3 is 2.68 bits per heavy atom. The minimum atomic E-state index is -0.318. The molecule has 2 aromatic carbocycles. The molecule has 1 fully saturated rings. The van der Waals surface area contributed by atoms with Crippen LogP contribution in [0, 0.1) is 18.3 Å². The van der Waals surface area contributed by atoms with Crippen molar-refractivity contribution >= 4 is 17.4 Å². The van der Waals surface area contributed by atoms with E-state index in [0.29, 0.717) is 23.4 Å². The van der Waals surface area contributed by atoms with Gasteiger partial charge in [0.25, 0.3) is 5.91 Å². The van der Waals surface area contributed by atoms with Gasteiger partial charge < -0.3 is 15.0 Å². The van der Waals surface area contributed by atoms with Gasteiger partial charge in [0.1, 0.15) is 5.82 Å². The first-order valence-corrected chi connectivity index (χ1v) is 10.3. The van der Waals surface area contributed by atoms with E-state index in [9.17, 15) is 10.1 Å². The van der Waals surface area contributed by atoms with Crippen LogP contribution in [0.1, 0.15) is 28.4 Å². The highest BCUT2D eigenvalue weighted by molar-refractivity contribution is 6.08. The molecule has 0 bridgehead atoms. The van der Waals surface area contributed by atoms with Crippen molar-refractivity contribution in [2.24, 2.45) is 0 Å². The maximum absolute atomic E-state index is 13.1. The zero-order chi connectivity index (χ0) is 21.8. The maximum Gasteiger partial charge on any atom is 0.257 e. The highest BCUT2D eigenvalue weighted by Gasteiger charge is 2.20. The summed E-state index contributed by atoms with van der Waals surface area (Å²) < 4.78 is 5.58. The molecule has 156 valence electrons.